The molecule has 0 unspecified atom stereocenters. The molecule has 3 nitrogen and oxygen atoms in total. The number of halogens is 2. The molecule has 0 atom stereocenters. The molecular formula is C13H26F2N2O. The lowest BCUT2D eigenvalue weighted by Gasteiger charge is -2.33. The van der Waals surface area contributed by atoms with Gasteiger partial charge in [0.1, 0.15) is 6.61 Å². The molecule has 18 heavy (non-hydrogen) atoms. The molecule has 0 radical (unpaired) electrons. The van der Waals surface area contributed by atoms with Gasteiger partial charge in [-0.05, 0) is 31.8 Å². The molecule has 0 saturated carbocycles. The van der Waals surface area contributed by atoms with E-state index < -0.39 is 13.0 Å². The molecule has 0 amide bonds. The van der Waals surface area contributed by atoms with E-state index in [4.69, 9.17) is 4.74 Å². The largest absolute Gasteiger partial charge is 0.374 e. The van der Waals surface area contributed by atoms with Crippen LogP contribution in [0.2, 0.25) is 0 Å². The monoisotopic (exact) mass is 264 g/mol. The second-order valence-corrected chi connectivity index (χ2v) is 5.39. The van der Waals surface area contributed by atoms with Crippen LogP contribution < -0.4 is 5.32 Å². The summed E-state index contributed by atoms with van der Waals surface area (Å²) < 4.78 is 28.5. The number of hydrogen-bond acceptors (Lipinski definition) is 3. The Kier molecular flexibility index (Phi) is 7.70. The molecule has 0 aliphatic carbocycles. The number of ether oxygens (including phenoxy) is 1. The van der Waals surface area contributed by atoms with Crippen molar-refractivity contribution in [1.82, 2.24) is 10.2 Å². The maximum absolute atomic E-state index is 11.8. The first-order valence-electron chi connectivity index (χ1n) is 6.89. The van der Waals surface area contributed by atoms with Crippen molar-refractivity contribution in [1.29, 1.82) is 0 Å². The van der Waals surface area contributed by atoms with Crippen LogP contribution in [0.4, 0.5) is 8.78 Å². The average Bonchev–Trinajstić information content (AvgIpc) is 2.30. The van der Waals surface area contributed by atoms with E-state index in [0.717, 1.165) is 31.8 Å². The van der Waals surface area contributed by atoms with E-state index in [0.29, 0.717) is 19.2 Å². The van der Waals surface area contributed by atoms with Crippen molar-refractivity contribution in [3.63, 3.8) is 0 Å². The van der Waals surface area contributed by atoms with Gasteiger partial charge in [0.15, 0.2) is 0 Å². The Labute approximate surface area is 109 Å². The molecule has 1 heterocycles. The Morgan fingerprint density at radius 2 is 1.94 bits per heavy atom. The lowest BCUT2D eigenvalue weighted by molar-refractivity contribution is 0.0176. The molecule has 0 spiro atoms. The summed E-state index contributed by atoms with van der Waals surface area (Å²) in [6.45, 7) is 8.51. The quantitative estimate of drug-likeness (QED) is 0.678. The molecule has 1 N–H and O–H groups in total. The van der Waals surface area contributed by atoms with Gasteiger partial charge in [0.2, 0.25) is 0 Å². The first-order valence-corrected chi connectivity index (χ1v) is 6.89. The van der Waals surface area contributed by atoms with Crippen LogP contribution in [0.25, 0.3) is 0 Å². The van der Waals surface area contributed by atoms with Gasteiger partial charge in [-0.1, -0.05) is 13.8 Å². The normalized spacial score (nSPS) is 19.0. The van der Waals surface area contributed by atoms with Crippen molar-refractivity contribution >= 4 is 0 Å². The fraction of sp³-hybridized carbons (Fsp3) is 1.00. The summed E-state index contributed by atoms with van der Waals surface area (Å²) in [5.74, 6) is 0.720. The van der Waals surface area contributed by atoms with Crippen molar-refractivity contribution in [3.05, 3.63) is 0 Å². The van der Waals surface area contributed by atoms with Crippen LogP contribution in [-0.2, 0) is 4.74 Å². The van der Waals surface area contributed by atoms with Crippen molar-refractivity contribution in [2.45, 2.75) is 39.2 Å². The molecule has 0 bridgehead atoms. The number of nitrogens with zero attached hydrogens (tertiary/aromatic N) is 1. The molecule has 1 saturated heterocycles. The zero-order chi connectivity index (χ0) is 13.4. The summed E-state index contributed by atoms with van der Waals surface area (Å²) >= 11 is 0. The molecular weight excluding hydrogens is 238 g/mol. The highest BCUT2D eigenvalue weighted by atomic mass is 19.3. The van der Waals surface area contributed by atoms with Gasteiger partial charge in [0.25, 0.3) is 6.43 Å². The summed E-state index contributed by atoms with van der Waals surface area (Å²) in [6.07, 6.45) is -0.0763. The number of alkyl halides is 2. The predicted molar refractivity (Wildman–Crippen MR) is 69.1 cm³/mol. The van der Waals surface area contributed by atoms with Crippen LogP contribution in [0.1, 0.15) is 26.7 Å². The topological polar surface area (TPSA) is 24.5 Å². The van der Waals surface area contributed by atoms with Crippen molar-refractivity contribution in [3.8, 4) is 0 Å². The minimum Gasteiger partial charge on any atom is -0.374 e. The van der Waals surface area contributed by atoms with Crippen molar-refractivity contribution in [2.24, 2.45) is 5.92 Å². The summed E-state index contributed by atoms with van der Waals surface area (Å²) in [4.78, 5) is 2.50. The SMILES string of the molecule is CC(C)CN1CCC(NCCOCC(F)F)CC1. The Balaban J connectivity index is 1.98. The number of likely N-dealkylation sites (tertiary alicyclic amines) is 1. The molecule has 1 aliphatic rings. The third-order valence-electron chi connectivity index (χ3n) is 3.13. The molecule has 0 aromatic heterocycles. The molecule has 1 fully saturated rings. The first kappa shape index (κ1) is 15.8. The van der Waals surface area contributed by atoms with Crippen molar-refractivity contribution < 1.29 is 13.5 Å². The molecule has 108 valence electrons. The smallest absolute Gasteiger partial charge is 0.261 e. The van der Waals surface area contributed by atoms with Gasteiger partial charge in [-0.15, -0.1) is 0 Å². The van der Waals surface area contributed by atoms with Gasteiger partial charge in [-0.3, -0.25) is 0 Å². The molecule has 0 aromatic carbocycles. The molecule has 0 aromatic rings. The Morgan fingerprint density at radius 3 is 2.50 bits per heavy atom. The summed E-state index contributed by atoms with van der Waals surface area (Å²) in [5, 5.41) is 3.37. The Bertz CT molecular complexity index is 207. The van der Waals surface area contributed by atoms with E-state index >= 15 is 0 Å². The maximum Gasteiger partial charge on any atom is 0.261 e. The van der Waals surface area contributed by atoms with Crippen molar-refractivity contribution in [2.75, 3.05) is 39.4 Å². The van der Waals surface area contributed by atoms with Gasteiger partial charge in [0, 0.05) is 19.1 Å². The van der Waals surface area contributed by atoms with E-state index in [1.54, 1.807) is 0 Å². The lowest BCUT2D eigenvalue weighted by atomic mass is 10.0. The Hall–Kier alpha value is -0.260. The lowest BCUT2D eigenvalue weighted by Crippen LogP contribution is -2.44. The van der Waals surface area contributed by atoms with E-state index in [1.807, 2.05) is 0 Å². The zero-order valence-corrected chi connectivity index (χ0v) is 11.5. The number of rotatable bonds is 8. The van der Waals surface area contributed by atoms with Gasteiger partial charge >= 0.3 is 0 Å². The fourth-order valence-electron chi connectivity index (χ4n) is 2.34. The molecule has 5 heteroatoms. The Morgan fingerprint density at radius 1 is 1.28 bits per heavy atom. The molecule has 1 aliphatic heterocycles. The van der Waals surface area contributed by atoms with Gasteiger partial charge in [0.05, 0.1) is 6.61 Å². The standard InChI is InChI=1S/C13H26F2N2O/c1-11(2)9-17-6-3-12(4-7-17)16-5-8-18-10-13(14)15/h11-13,16H,3-10H2,1-2H3. The maximum atomic E-state index is 11.8. The van der Waals surface area contributed by atoms with Gasteiger partial charge in [-0.2, -0.15) is 0 Å². The molecule has 1 rings (SSSR count). The zero-order valence-electron chi connectivity index (χ0n) is 11.5. The highest BCUT2D eigenvalue weighted by molar-refractivity contribution is 4.77. The van der Waals surface area contributed by atoms with Crippen LogP contribution in [-0.4, -0.2) is 56.8 Å². The number of piperidine rings is 1. The highest BCUT2D eigenvalue weighted by Gasteiger charge is 2.18. The van der Waals surface area contributed by atoms with Crippen LogP contribution in [0.15, 0.2) is 0 Å². The van der Waals surface area contributed by atoms with Crippen LogP contribution in [0.5, 0.6) is 0 Å². The number of hydrogen-bond donors (Lipinski definition) is 1. The summed E-state index contributed by atoms with van der Waals surface area (Å²) in [5.41, 5.74) is 0. The van der Waals surface area contributed by atoms with Gasteiger partial charge < -0.3 is 15.0 Å². The third-order valence-corrected chi connectivity index (χ3v) is 3.13. The number of nitrogens with one attached hydrogen (secondary N) is 1. The summed E-state index contributed by atoms with van der Waals surface area (Å²) in [7, 11) is 0. The highest BCUT2D eigenvalue weighted by Crippen LogP contribution is 2.11. The van der Waals surface area contributed by atoms with Gasteiger partial charge in [-0.25, -0.2) is 8.78 Å². The van der Waals surface area contributed by atoms with E-state index in [2.05, 4.69) is 24.1 Å². The van der Waals surface area contributed by atoms with E-state index in [9.17, 15) is 8.78 Å². The average molecular weight is 264 g/mol. The van der Waals surface area contributed by atoms with E-state index in [1.165, 1.54) is 6.54 Å². The summed E-state index contributed by atoms with van der Waals surface area (Å²) in [6, 6.07) is 0.517. The second kappa shape index (κ2) is 8.77. The van der Waals surface area contributed by atoms with E-state index in [-0.39, 0.29) is 0 Å². The minimum atomic E-state index is -2.36. The predicted octanol–water partition coefficient (Wildman–Crippen LogP) is 1.98. The third kappa shape index (κ3) is 7.24. The fourth-order valence-corrected chi connectivity index (χ4v) is 2.34. The first-order chi connectivity index (χ1) is 8.58. The van der Waals surface area contributed by atoms with Crippen LogP contribution in [0.3, 0.4) is 0 Å². The minimum absolute atomic E-state index is 0.372. The van der Waals surface area contributed by atoms with Crippen LogP contribution in [0, 0.1) is 5.92 Å². The second-order valence-electron chi connectivity index (χ2n) is 5.39. The van der Waals surface area contributed by atoms with Crippen LogP contribution >= 0.6 is 0 Å².